The van der Waals surface area contributed by atoms with Gasteiger partial charge in [0.2, 0.25) is 0 Å². The molecule has 0 saturated carbocycles. The molecule has 1 rings (SSSR count). The zero-order valence-electron chi connectivity index (χ0n) is 8.92. The Kier molecular flexibility index (Phi) is 10.2. The highest BCUT2D eigenvalue weighted by molar-refractivity contribution is 7.11. The number of hydrogen-bond acceptors (Lipinski definition) is 3. The second-order valence-corrected chi connectivity index (χ2v) is 3.18. The Morgan fingerprint density at radius 1 is 1.23 bits per heavy atom. The Bertz CT molecular complexity index is 241. The maximum Gasteiger partial charge on any atom is 0.165 e. The fraction of sp³-hybridized carbons (Fsp3) is 0.400. The molecule has 0 unspecified atom stereocenters. The van der Waals surface area contributed by atoms with Gasteiger partial charge in [-0.1, -0.05) is 13.8 Å². The Hall–Kier alpha value is -0.960. The fourth-order valence-corrected chi connectivity index (χ4v) is 1.44. The van der Waals surface area contributed by atoms with Crippen LogP contribution in [0.2, 0.25) is 0 Å². The third-order valence-electron chi connectivity index (χ3n) is 1.03. The molecular formula is C10H18N2S. The van der Waals surface area contributed by atoms with E-state index in [0.29, 0.717) is 0 Å². The molecule has 13 heavy (non-hydrogen) atoms. The summed E-state index contributed by atoms with van der Waals surface area (Å²) in [5, 5.41) is 1.05. The minimum absolute atomic E-state index is 0.775. The van der Waals surface area contributed by atoms with E-state index in [1.54, 1.807) is 11.3 Å². The lowest BCUT2D eigenvalue weighted by molar-refractivity contribution is 1.25. The first kappa shape index (κ1) is 14.6. The average molecular weight is 198 g/mol. The van der Waals surface area contributed by atoms with Crippen molar-refractivity contribution in [1.29, 1.82) is 0 Å². The van der Waals surface area contributed by atoms with Crippen molar-refractivity contribution in [3.8, 4) is 0 Å². The van der Waals surface area contributed by atoms with Gasteiger partial charge in [-0.15, -0.1) is 24.5 Å². The number of rotatable bonds is 1. The van der Waals surface area contributed by atoms with Crippen molar-refractivity contribution in [1.82, 2.24) is 4.98 Å². The van der Waals surface area contributed by atoms with E-state index in [9.17, 15) is 0 Å². The maximum atomic E-state index is 4.12. The van der Waals surface area contributed by atoms with E-state index in [-0.39, 0.29) is 0 Å². The number of nitrogens with zero attached hydrogens (tertiary/aromatic N) is 2. The minimum Gasteiger partial charge on any atom is -0.244 e. The molecular weight excluding hydrogens is 180 g/mol. The zero-order valence-corrected chi connectivity index (χ0v) is 9.74. The van der Waals surface area contributed by atoms with Gasteiger partial charge in [0, 0.05) is 4.88 Å². The van der Waals surface area contributed by atoms with Crippen molar-refractivity contribution in [3.63, 3.8) is 0 Å². The lowest BCUT2D eigenvalue weighted by Crippen LogP contribution is -1.64. The largest absolute Gasteiger partial charge is 0.244 e. The van der Waals surface area contributed by atoms with Crippen molar-refractivity contribution in [2.24, 2.45) is 4.99 Å². The smallest absolute Gasteiger partial charge is 0.165 e. The second kappa shape index (κ2) is 9.13. The van der Waals surface area contributed by atoms with Gasteiger partial charge < -0.3 is 0 Å². The molecule has 3 heteroatoms. The molecule has 0 aliphatic carbocycles. The quantitative estimate of drug-likeness (QED) is 0.496. The van der Waals surface area contributed by atoms with E-state index in [0.717, 1.165) is 15.7 Å². The second-order valence-electron chi connectivity index (χ2n) is 1.77. The summed E-state index contributed by atoms with van der Waals surface area (Å²) in [4.78, 5) is 9.00. The first-order valence-corrected chi connectivity index (χ1v) is 4.96. The lowest BCUT2D eigenvalue weighted by Gasteiger charge is -1.80. The summed E-state index contributed by atoms with van der Waals surface area (Å²) in [6, 6.07) is 0. The summed E-state index contributed by atoms with van der Waals surface area (Å²) >= 11 is 1.65. The molecule has 0 spiro atoms. The van der Waals surface area contributed by atoms with Gasteiger partial charge in [0.25, 0.3) is 0 Å². The Morgan fingerprint density at radius 2 is 1.69 bits per heavy atom. The van der Waals surface area contributed by atoms with Gasteiger partial charge in [0.05, 0.1) is 5.01 Å². The first-order chi connectivity index (χ1) is 6.24. The van der Waals surface area contributed by atoms with Crippen LogP contribution in [0, 0.1) is 13.8 Å². The third-order valence-corrected chi connectivity index (χ3v) is 1.90. The molecule has 1 aromatic heterocycles. The van der Waals surface area contributed by atoms with E-state index < -0.39 is 0 Å². The minimum atomic E-state index is 0.775. The molecule has 1 aromatic rings. The van der Waals surface area contributed by atoms with E-state index >= 15 is 0 Å². The summed E-state index contributed by atoms with van der Waals surface area (Å²) < 4.78 is 0. The van der Waals surface area contributed by atoms with Gasteiger partial charge in [-0.2, -0.15) is 0 Å². The fourth-order valence-electron chi connectivity index (χ4n) is 0.665. The van der Waals surface area contributed by atoms with Gasteiger partial charge >= 0.3 is 0 Å². The highest BCUT2D eigenvalue weighted by Crippen LogP contribution is 2.22. The molecule has 2 nitrogen and oxygen atoms in total. The van der Waals surface area contributed by atoms with Crippen LogP contribution in [0.3, 0.4) is 0 Å². The summed E-state index contributed by atoms with van der Waals surface area (Å²) in [5.74, 6) is 0.775. The maximum absolute atomic E-state index is 4.12. The van der Waals surface area contributed by atoms with Crippen LogP contribution in [-0.4, -0.2) is 11.7 Å². The van der Waals surface area contributed by atoms with Gasteiger partial charge in [0.15, 0.2) is 5.82 Å². The number of aliphatic imine (C=N–C) groups is 1. The summed E-state index contributed by atoms with van der Waals surface area (Å²) in [7, 11) is 0. The first-order valence-electron chi connectivity index (χ1n) is 4.15. The molecule has 0 aromatic carbocycles. The molecule has 0 bridgehead atoms. The van der Waals surface area contributed by atoms with Crippen LogP contribution in [0.25, 0.3) is 0 Å². The van der Waals surface area contributed by atoms with Crippen LogP contribution >= 0.6 is 11.3 Å². The van der Waals surface area contributed by atoms with Crippen molar-refractivity contribution in [3.05, 3.63) is 23.0 Å². The van der Waals surface area contributed by atoms with Gasteiger partial charge in [-0.3, -0.25) is 0 Å². The Balaban J connectivity index is 0. The molecule has 0 aliphatic heterocycles. The van der Waals surface area contributed by atoms with Crippen LogP contribution in [-0.2, 0) is 0 Å². The predicted molar refractivity (Wildman–Crippen MR) is 63.4 cm³/mol. The summed E-state index contributed by atoms with van der Waals surface area (Å²) in [6.07, 6.45) is 0. The summed E-state index contributed by atoms with van der Waals surface area (Å²) in [5.41, 5.74) is 0. The van der Waals surface area contributed by atoms with E-state index in [1.807, 2.05) is 27.7 Å². The van der Waals surface area contributed by atoms with Crippen LogP contribution in [0.5, 0.6) is 0 Å². The molecule has 74 valence electrons. The summed E-state index contributed by atoms with van der Waals surface area (Å²) in [6.45, 7) is 17.4. The number of hydrogen-bond donors (Lipinski definition) is 0. The van der Waals surface area contributed by atoms with Crippen molar-refractivity contribution < 1.29 is 0 Å². The van der Waals surface area contributed by atoms with Crippen LogP contribution in [0.15, 0.2) is 18.2 Å². The van der Waals surface area contributed by atoms with Crippen molar-refractivity contribution in [2.45, 2.75) is 27.7 Å². The highest BCUT2D eigenvalue weighted by atomic mass is 32.1. The SMILES string of the molecule is C=C.C=Nc1nc(C)sc1C.CC. The normalized spacial score (nSPS) is 7.38. The molecule has 0 fully saturated rings. The predicted octanol–water partition coefficient (Wildman–Crippen LogP) is 3.92. The lowest BCUT2D eigenvalue weighted by atomic mass is 10.6. The van der Waals surface area contributed by atoms with E-state index in [4.69, 9.17) is 0 Å². The van der Waals surface area contributed by atoms with Gasteiger partial charge in [-0.05, 0) is 20.6 Å². The van der Waals surface area contributed by atoms with Crippen LogP contribution in [0.1, 0.15) is 23.7 Å². The van der Waals surface area contributed by atoms with E-state index in [1.165, 1.54) is 0 Å². The number of aromatic nitrogens is 1. The molecule has 0 atom stereocenters. The molecule has 1 heterocycles. The van der Waals surface area contributed by atoms with Crippen LogP contribution in [0.4, 0.5) is 5.82 Å². The Labute approximate surface area is 85.1 Å². The zero-order chi connectivity index (χ0) is 10.9. The third kappa shape index (κ3) is 5.31. The van der Waals surface area contributed by atoms with Gasteiger partial charge in [-0.25, -0.2) is 9.98 Å². The van der Waals surface area contributed by atoms with Crippen LogP contribution < -0.4 is 0 Å². The molecule has 0 saturated heterocycles. The highest BCUT2D eigenvalue weighted by Gasteiger charge is 1.99. The average Bonchev–Trinajstić information content (AvgIpc) is 2.51. The molecule has 0 N–H and O–H groups in total. The standard InChI is InChI=1S/C6H8N2S.C2H6.C2H4/c1-4-6(7-3)8-5(2)9-4;2*1-2/h3H2,1-2H3;1-2H3;1-2H2. The van der Waals surface area contributed by atoms with Gasteiger partial charge in [0.1, 0.15) is 0 Å². The van der Waals surface area contributed by atoms with Crippen molar-refractivity contribution >= 4 is 23.9 Å². The number of aryl methyl sites for hydroxylation is 2. The Morgan fingerprint density at radius 3 is 1.85 bits per heavy atom. The van der Waals surface area contributed by atoms with E-state index in [2.05, 4.69) is 29.9 Å². The monoisotopic (exact) mass is 198 g/mol. The number of thiazole rings is 1. The molecule has 0 aliphatic rings. The molecule has 0 radical (unpaired) electrons. The van der Waals surface area contributed by atoms with Crippen molar-refractivity contribution in [2.75, 3.05) is 0 Å². The topological polar surface area (TPSA) is 25.2 Å². The molecule has 0 amide bonds.